The topological polar surface area (TPSA) is 133 Å². The molecule has 1 saturated heterocycles. The van der Waals surface area contributed by atoms with Gasteiger partial charge >= 0.3 is 0 Å². The Morgan fingerprint density at radius 2 is 1.55 bits per heavy atom. The van der Waals surface area contributed by atoms with E-state index in [0.29, 0.717) is 56.8 Å². The number of carbonyl (C=O) groups excluding carboxylic acids is 2. The van der Waals surface area contributed by atoms with Gasteiger partial charge in [-0.15, -0.1) is 0 Å². The van der Waals surface area contributed by atoms with Crippen LogP contribution in [0.15, 0.2) is 79.0 Å². The van der Waals surface area contributed by atoms with Crippen molar-refractivity contribution in [3.05, 3.63) is 102 Å². The van der Waals surface area contributed by atoms with Gasteiger partial charge in [0.2, 0.25) is 5.88 Å². The van der Waals surface area contributed by atoms with Crippen molar-refractivity contribution in [2.75, 3.05) is 26.3 Å². The Balaban J connectivity index is 1.11. The molecule has 11 heteroatoms. The second-order valence-electron chi connectivity index (χ2n) is 11.9. The van der Waals surface area contributed by atoms with Gasteiger partial charge in [0, 0.05) is 37.3 Å². The highest BCUT2D eigenvalue weighted by molar-refractivity contribution is 5.96. The Hall–Kier alpha value is -5.00. The van der Waals surface area contributed by atoms with E-state index in [-0.39, 0.29) is 40.9 Å². The first-order valence-electron chi connectivity index (χ1n) is 15.8. The van der Waals surface area contributed by atoms with Crippen LogP contribution in [0, 0.1) is 5.82 Å². The molecule has 3 aromatic carbocycles. The SMILES string of the molecule is O=C(N[C@H]1CC[C@@H](NC(=O)c2cc(F)cnc2Oc2cccc(-c3ccc(O)cc3CN3CCOCC3)c2)CC1)c1ccc(O)cc1. The predicted octanol–water partition coefficient (Wildman–Crippen LogP) is 5.39. The lowest BCUT2D eigenvalue weighted by Crippen LogP contribution is -2.43. The molecule has 1 aliphatic heterocycles. The molecule has 2 fully saturated rings. The third kappa shape index (κ3) is 8.24. The molecular formula is C36H37FN4O6. The van der Waals surface area contributed by atoms with Crippen LogP contribution in [0.4, 0.5) is 4.39 Å². The number of rotatable bonds is 9. The van der Waals surface area contributed by atoms with E-state index in [1.54, 1.807) is 30.3 Å². The van der Waals surface area contributed by atoms with Crippen LogP contribution in [0.5, 0.6) is 23.1 Å². The minimum absolute atomic E-state index is 0.0178. The monoisotopic (exact) mass is 640 g/mol. The molecule has 0 spiro atoms. The van der Waals surface area contributed by atoms with Gasteiger partial charge in [-0.05, 0) is 97.0 Å². The van der Waals surface area contributed by atoms with Crippen LogP contribution in [0.3, 0.4) is 0 Å². The second-order valence-corrected chi connectivity index (χ2v) is 11.9. The average molecular weight is 641 g/mol. The van der Waals surface area contributed by atoms with Crippen molar-refractivity contribution in [1.82, 2.24) is 20.5 Å². The van der Waals surface area contributed by atoms with Crippen molar-refractivity contribution in [3.8, 4) is 34.3 Å². The first-order valence-corrected chi connectivity index (χ1v) is 15.8. The van der Waals surface area contributed by atoms with Crippen molar-refractivity contribution in [1.29, 1.82) is 0 Å². The van der Waals surface area contributed by atoms with Crippen molar-refractivity contribution in [2.45, 2.75) is 44.3 Å². The fraction of sp³-hybridized carbons (Fsp3) is 0.306. The number of nitrogens with zero attached hydrogens (tertiary/aromatic N) is 2. The van der Waals surface area contributed by atoms with Gasteiger partial charge in [0.1, 0.15) is 28.6 Å². The lowest BCUT2D eigenvalue weighted by atomic mass is 9.90. The molecule has 47 heavy (non-hydrogen) atoms. The Morgan fingerprint density at radius 3 is 2.28 bits per heavy atom. The Kier molecular flexibility index (Phi) is 9.94. The minimum Gasteiger partial charge on any atom is -0.508 e. The lowest BCUT2D eigenvalue weighted by Gasteiger charge is -2.29. The number of aromatic hydroxyl groups is 2. The summed E-state index contributed by atoms with van der Waals surface area (Å²) >= 11 is 0. The summed E-state index contributed by atoms with van der Waals surface area (Å²) in [6, 6.07) is 19.6. The predicted molar refractivity (Wildman–Crippen MR) is 173 cm³/mol. The number of amides is 2. The molecule has 4 N–H and O–H groups in total. The fourth-order valence-corrected chi connectivity index (χ4v) is 6.03. The first kappa shape index (κ1) is 32.0. The van der Waals surface area contributed by atoms with Crippen molar-refractivity contribution in [3.63, 3.8) is 0 Å². The molecule has 0 unspecified atom stereocenters. The summed E-state index contributed by atoms with van der Waals surface area (Å²) in [5.74, 6) is -0.687. The van der Waals surface area contributed by atoms with E-state index in [0.717, 1.165) is 42.0 Å². The molecule has 2 heterocycles. The first-order chi connectivity index (χ1) is 22.8. The third-order valence-electron chi connectivity index (χ3n) is 8.54. The highest BCUT2D eigenvalue weighted by Crippen LogP contribution is 2.33. The molecule has 2 amide bonds. The van der Waals surface area contributed by atoms with Gasteiger partial charge in [-0.1, -0.05) is 18.2 Å². The molecule has 1 saturated carbocycles. The van der Waals surface area contributed by atoms with E-state index in [1.165, 1.54) is 12.1 Å². The van der Waals surface area contributed by atoms with Crippen LogP contribution in [0.2, 0.25) is 0 Å². The number of morpholine rings is 1. The zero-order valence-electron chi connectivity index (χ0n) is 25.8. The van der Waals surface area contributed by atoms with E-state index in [1.807, 2.05) is 24.3 Å². The molecule has 1 aliphatic carbocycles. The van der Waals surface area contributed by atoms with Crippen LogP contribution in [0.1, 0.15) is 52.0 Å². The number of carbonyl (C=O) groups is 2. The number of halogens is 1. The molecule has 6 rings (SSSR count). The summed E-state index contributed by atoms with van der Waals surface area (Å²) in [6.07, 6.45) is 3.60. The maximum atomic E-state index is 14.3. The summed E-state index contributed by atoms with van der Waals surface area (Å²) in [5.41, 5.74) is 3.19. The third-order valence-corrected chi connectivity index (χ3v) is 8.54. The largest absolute Gasteiger partial charge is 0.508 e. The second kappa shape index (κ2) is 14.6. The molecule has 244 valence electrons. The van der Waals surface area contributed by atoms with Gasteiger partial charge < -0.3 is 30.3 Å². The maximum Gasteiger partial charge on any atom is 0.257 e. The Labute approximate surface area is 272 Å². The molecule has 0 radical (unpaired) electrons. The van der Waals surface area contributed by atoms with Crippen LogP contribution >= 0.6 is 0 Å². The molecule has 2 aliphatic rings. The number of benzene rings is 3. The van der Waals surface area contributed by atoms with Crippen LogP contribution in [0.25, 0.3) is 11.1 Å². The summed E-state index contributed by atoms with van der Waals surface area (Å²) in [4.78, 5) is 32.3. The fourth-order valence-electron chi connectivity index (χ4n) is 6.03. The standard InChI is InChI=1S/C36H37FN4O6/c37-26-20-33(35(45)40-28-8-6-27(7-9-28)39-34(44)23-4-10-29(42)11-5-23)36(38-21-26)47-31-3-1-2-24(19-31)32-13-12-30(43)18-25(32)22-41-14-16-46-17-15-41/h1-5,10-13,18-21,27-28,42-43H,6-9,14-17,22H2,(H,39,44)(H,40,45)/t27-,28+. The summed E-state index contributed by atoms with van der Waals surface area (Å²) in [7, 11) is 0. The zero-order valence-corrected chi connectivity index (χ0v) is 25.8. The van der Waals surface area contributed by atoms with E-state index in [9.17, 15) is 24.2 Å². The van der Waals surface area contributed by atoms with Crippen molar-refractivity contribution < 1.29 is 33.7 Å². The Bertz CT molecular complexity index is 1720. The summed E-state index contributed by atoms with van der Waals surface area (Å²) in [5, 5.41) is 25.7. The molecule has 10 nitrogen and oxygen atoms in total. The number of aromatic nitrogens is 1. The number of pyridine rings is 1. The Morgan fingerprint density at radius 1 is 0.872 bits per heavy atom. The number of hydrogen-bond donors (Lipinski definition) is 4. The summed E-state index contributed by atoms with van der Waals surface area (Å²) in [6.45, 7) is 3.59. The van der Waals surface area contributed by atoms with E-state index >= 15 is 0 Å². The number of nitrogens with one attached hydrogen (secondary N) is 2. The van der Waals surface area contributed by atoms with E-state index in [2.05, 4.69) is 20.5 Å². The summed E-state index contributed by atoms with van der Waals surface area (Å²) < 4.78 is 25.9. The molecular weight excluding hydrogens is 603 g/mol. The number of hydrogen-bond acceptors (Lipinski definition) is 8. The molecule has 0 bridgehead atoms. The minimum atomic E-state index is -0.659. The van der Waals surface area contributed by atoms with E-state index < -0.39 is 11.7 Å². The molecule has 4 aromatic rings. The van der Waals surface area contributed by atoms with E-state index in [4.69, 9.17) is 9.47 Å². The number of ether oxygens (including phenoxy) is 2. The van der Waals surface area contributed by atoms with Gasteiger partial charge in [0.05, 0.1) is 19.4 Å². The smallest absolute Gasteiger partial charge is 0.257 e. The van der Waals surface area contributed by atoms with Crippen LogP contribution < -0.4 is 15.4 Å². The van der Waals surface area contributed by atoms with Gasteiger partial charge in [0.25, 0.3) is 11.8 Å². The van der Waals surface area contributed by atoms with Gasteiger partial charge in [-0.3, -0.25) is 14.5 Å². The molecule has 0 atom stereocenters. The lowest BCUT2D eigenvalue weighted by molar-refractivity contribution is 0.0342. The zero-order chi connectivity index (χ0) is 32.8. The highest BCUT2D eigenvalue weighted by atomic mass is 19.1. The van der Waals surface area contributed by atoms with Crippen LogP contribution in [-0.2, 0) is 11.3 Å². The van der Waals surface area contributed by atoms with Gasteiger partial charge in [-0.2, -0.15) is 0 Å². The number of phenols is 2. The molecule has 1 aromatic heterocycles. The number of phenolic OH excluding ortho intramolecular Hbond substituents is 2. The van der Waals surface area contributed by atoms with Gasteiger partial charge in [0.15, 0.2) is 0 Å². The average Bonchev–Trinajstić information content (AvgIpc) is 3.07. The maximum absolute atomic E-state index is 14.3. The van der Waals surface area contributed by atoms with Crippen LogP contribution in [-0.4, -0.2) is 70.3 Å². The quantitative estimate of drug-likeness (QED) is 0.191. The van der Waals surface area contributed by atoms with Crippen molar-refractivity contribution >= 4 is 11.8 Å². The van der Waals surface area contributed by atoms with Gasteiger partial charge in [-0.25, -0.2) is 9.37 Å². The normalized spacial score (nSPS) is 18.3. The highest BCUT2D eigenvalue weighted by Gasteiger charge is 2.26. The van der Waals surface area contributed by atoms with Crippen molar-refractivity contribution in [2.24, 2.45) is 0 Å².